The monoisotopic (exact) mass is 556 g/mol. The maximum Gasteiger partial charge on any atom is 0.416 e. The summed E-state index contributed by atoms with van der Waals surface area (Å²) in [6.07, 6.45) is -2.46. The van der Waals surface area contributed by atoms with E-state index in [0.29, 0.717) is 52.4 Å². The minimum Gasteiger partial charge on any atom is -0.469 e. The molecule has 2 heterocycles. The molecule has 0 N–H and O–H groups in total. The number of nitrogens with zero attached hydrogens (tertiary/aromatic N) is 2. The lowest BCUT2D eigenvalue weighted by Crippen LogP contribution is -2.33. The number of aromatic nitrogens is 1. The van der Waals surface area contributed by atoms with Crippen molar-refractivity contribution in [3.63, 3.8) is 0 Å². The summed E-state index contributed by atoms with van der Waals surface area (Å²) in [6, 6.07) is 6.45. The molecule has 4 rings (SSSR count). The molecule has 0 bridgehead atoms. The molecular weight excluding hydrogens is 531 g/mol. The van der Waals surface area contributed by atoms with Gasteiger partial charge in [-0.25, -0.2) is 4.39 Å². The zero-order valence-electron chi connectivity index (χ0n) is 20.4. The Balaban J connectivity index is 1.59. The molecule has 1 aromatic heterocycles. The maximum absolute atomic E-state index is 14.6. The molecule has 4 nitrogen and oxygen atoms in total. The lowest BCUT2D eigenvalue weighted by molar-refractivity contribution is -0.142. The number of ether oxygens (including phenoxy) is 1. The highest BCUT2D eigenvalue weighted by Crippen LogP contribution is 2.38. The first-order valence-electron chi connectivity index (χ1n) is 11.7. The maximum atomic E-state index is 14.6. The Morgan fingerprint density at radius 2 is 1.84 bits per heavy atom. The van der Waals surface area contributed by atoms with E-state index in [0.717, 1.165) is 24.6 Å². The number of carbonyl (C=O) groups excluding carboxylic acids is 1. The number of fused-ring (bicyclic) bond motifs is 1. The molecule has 1 fully saturated rings. The number of methoxy groups -OCH3 is 1. The summed E-state index contributed by atoms with van der Waals surface area (Å²) in [6.45, 7) is 5.65. The number of rotatable bonds is 6. The number of halogens is 6. The standard InChI is InChI=1S/C27H26Cl2F4N2O2/c1-15(35-8-6-16(7-9-35)10-25(36)37-3)19-4-5-22(28)20(26(19)29)13-18-14-21-23(30)11-17(27(31,32)33)12-24(21)34(18)2/h4-5,11-12,14,16H,1,6-10,13H2,2-3H3. The molecule has 0 unspecified atom stereocenters. The van der Waals surface area contributed by atoms with Crippen molar-refractivity contribution in [3.05, 3.63) is 75.2 Å². The predicted octanol–water partition coefficient (Wildman–Crippen LogP) is 7.48. The molecule has 10 heteroatoms. The van der Waals surface area contributed by atoms with Crippen molar-refractivity contribution >= 4 is 45.8 Å². The van der Waals surface area contributed by atoms with E-state index in [1.54, 1.807) is 19.2 Å². The largest absolute Gasteiger partial charge is 0.469 e. The Bertz CT molecular complexity index is 1360. The number of piperidine rings is 1. The molecule has 1 aliphatic rings. The van der Waals surface area contributed by atoms with E-state index in [1.165, 1.54) is 17.7 Å². The topological polar surface area (TPSA) is 34.5 Å². The average Bonchev–Trinajstić information content (AvgIpc) is 3.17. The summed E-state index contributed by atoms with van der Waals surface area (Å²) in [5.41, 5.74) is 1.63. The molecule has 1 aliphatic heterocycles. The van der Waals surface area contributed by atoms with Crippen molar-refractivity contribution in [2.45, 2.75) is 31.9 Å². The lowest BCUT2D eigenvalue weighted by Gasteiger charge is -2.35. The van der Waals surface area contributed by atoms with Gasteiger partial charge in [0.15, 0.2) is 0 Å². The highest BCUT2D eigenvalue weighted by Gasteiger charge is 2.32. The van der Waals surface area contributed by atoms with Gasteiger partial charge in [0.2, 0.25) is 0 Å². The van der Waals surface area contributed by atoms with Crippen LogP contribution in [0.4, 0.5) is 17.6 Å². The molecule has 198 valence electrons. The molecule has 3 aromatic rings. The second kappa shape index (κ2) is 10.6. The van der Waals surface area contributed by atoms with Gasteiger partial charge in [-0.2, -0.15) is 13.2 Å². The number of carbonyl (C=O) groups is 1. The first kappa shape index (κ1) is 27.3. The van der Waals surface area contributed by atoms with Gasteiger partial charge in [0, 0.05) is 60.3 Å². The van der Waals surface area contributed by atoms with E-state index in [4.69, 9.17) is 27.9 Å². The number of esters is 1. The van der Waals surface area contributed by atoms with Gasteiger partial charge in [0.25, 0.3) is 0 Å². The molecule has 0 saturated carbocycles. The van der Waals surface area contributed by atoms with E-state index in [9.17, 15) is 22.4 Å². The molecule has 2 aromatic carbocycles. The molecule has 0 aliphatic carbocycles. The van der Waals surface area contributed by atoms with Crippen LogP contribution in [0.15, 0.2) is 36.9 Å². The zero-order valence-corrected chi connectivity index (χ0v) is 21.9. The van der Waals surface area contributed by atoms with E-state index in [1.807, 2.05) is 0 Å². The fraction of sp³-hybridized carbons (Fsp3) is 0.370. The first-order valence-corrected chi connectivity index (χ1v) is 12.5. The number of hydrogen-bond donors (Lipinski definition) is 0. The third-order valence-corrected chi connectivity index (χ3v) is 7.86. The Morgan fingerprint density at radius 3 is 2.46 bits per heavy atom. The molecule has 37 heavy (non-hydrogen) atoms. The number of hydrogen-bond acceptors (Lipinski definition) is 3. The van der Waals surface area contributed by atoms with Crippen LogP contribution in [-0.2, 0) is 29.2 Å². The van der Waals surface area contributed by atoms with Gasteiger partial charge in [-0.1, -0.05) is 29.8 Å². The van der Waals surface area contributed by atoms with Crippen molar-refractivity contribution in [2.24, 2.45) is 13.0 Å². The minimum atomic E-state index is -4.66. The third-order valence-electron chi connectivity index (χ3n) is 7.07. The SMILES string of the molecule is C=C(c1ccc(Cl)c(Cc2cc3c(F)cc(C(F)(F)F)cc3n2C)c1Cl)N1CCC(CC(=O)OC)CC1. The van der Waals surface area contributed by atoms with Crippen LogP contribution in [0.3, 0.4) is 0 Å². The normalized spacial score (nSPS) is 14.9. The minimum absolute atomic E-state index is 0.0909. The van der Waals surface area contributed by atoms with Gasteiger partial charge in [-0.15, -0.1) is 0 Å². The average molecular weight is 557 g/mol. The summed E-state index contributed by atoms with van der Waals surface area (Å²) in [5, 5.41) is 0.865. The van der Waals surface area contributed by atoms with Crippen molar-refractivity contribution in [1.29, 1.82) is 0 Å². The zero-order chi connectivity index (χ0) is 27.1. The van der Waals surface area contributed by atoms with Gasteiger partial charge in [-0.3, -0.25) is 4.79 Å². The quantitative estimate of drug-likeness (QED) is 0.233. The molecular formula is C27H26Cl2F4N2O2. The predicted molar refractivity (Wildman–Crippen MR) is 137 cm³/mol. The van der Waals surface area contributed by atoms with Crippen LogP contribution in [-0.4, -0.2) is 35.6 Å². The highest BCUT2D eigenvalue weighted by molar-refractivity contribution is 6.37. The van der Waals surface area contributed by atoms with Crippen LogP contribution in [0.1, 0.15) is 41.6 Å². The molecule has 0 amide bonds. The second-order valence-electron chi connectivity index (χ2n) is 9.30. The number of alkyl halides is 3. The van der Waals surface area contributed by atoms with E-state index in [-0.39, 0.29) is 29.2 Å². The van der Waals surface area contributed by atoms with E-state index >= 15 is 0 Å². The van der Waals surface area contributed by atoms with Crippen molar-refractivity contribution in [2.75, 3.05) is 20.2 Å². The third kappa shape index (κ3) is 5.60. The number of likely N-dealkylation sites (tertiary alicyclic amines) is 1. The fourth-order valence-electron chi connectivity index (χ4n) is 4.84. The van der Waals surface area contributed by atoms with Crippen molar-refractivity contribution < 1.29 is 27.1 Å². The van der Waals surface area contributed by atoms with Crippen LogP contribution in [0.2, 0.25) is 10.0 Å². The van der Waals surface area contributed by atoms with Crippen molar-refractivity contribution in [1.82, 2.24) is 9.47 Å². The smallest absolute Gasteiger partial charge is 0.416 e. The molecule has 0 spiro atoms. The van der Waals surface area contributed by atoms with E-state index < -0.39 is 17.6 Å². The van der Waals surface area contributed by atoms with Crippen LogP contribution in [0.25, 0.3) is 16.6 Å². The van der Waals surface area contributed by atoms with Gasteiger partial charge in [-0.05, 0) is 54.7 Å². The fourth-order valence-corrected chi connectivity index (χ4v) is 5.45. The summed E-state index contributed by atoms with van der Waals surface area (Å²) < 4.78 is 60.5. The Hall–Kier alpha value is -2.71. The Labute approximate surface area is 222 Å². The Morgan fingerprint density at radius 1 is 1.16 bits per heavy atom. The molecule has 0 atom stereocenters. The number of benzene rings is 2. The van der Waals surface area contributed by atoms with Crippen LogP contribution in [0.5, 0.6) is 0 Å². The Kier molecular flexibility index (Phi) is 7.81. The molecule has 1 saturated heterocycles. The molecule has 0 radical (unpaired) electrons. The summed E-state index contributed by atoms with van der Waals surface area (Å²) in [4.78, 5) is 13.7. The van der Waals surface area contributed by atoms with Gasteiger partial charge in [0.1, 0.15) is 5.82 Å². The van der Waals surface area contributed by atoms with E-state index in [2.05, 4.69) is 11.5 Å². The number of aryl methyl sites for hydroxylation is 1. The van der Waals surface area contributed by atoms with Crippen LogP contribution >= 0.6 is 23.2 Å². The van der Waals surface area contributed by atoms with Gasteiger partial charge in [0.05, 0.1) is 23.2 Å². The lowest BCUT2D eigenvalue weighted by atomic mass is 9.92. The summed E-state index contributed by atoms with van der Waals surface area (Å²) in [5.74, 6) is -0.912. The summed E-state index contributed by atoms with van der Waals surface area (Å²) in [7, 11) is 2.97. The van der Waals surface area contributed by atoms with Gasteiger partial charge < -0.3 is 14.2 Å². The highest BCUT2D eigenvalue weighted by atomic mass is 35.5. The van der Waals surface area contributed by atoms with Crippen LogP contribution in [0, 0.1) is 11.7 Å². The van der Waals surface area contributed by atoms with Gasteiger partial charge >= 0.3 is 12.1 Å². The second-order valence-corrected chi connectivity index (χ2v) is 10.1. The van der Waals surface area contributed by atoms with Crippen molar-refractivity contribution in [3.8, 4) is 0 Å². The van der Waals surface area contributed by atoms with Crippen LogP contribution < -0.4 is 0 Å². The summed E-state index contributed by atoms with van der Waals surface area (Å²) >= 11 is 13.3. The first-order chi connectivity index (χ1) is 17.4.